The van der Waals surface area contributed by atoms with Gasteiger partial charge in [0.05, 0.1) is 44.7 Å². The van der Waals surface area contributed by atoms with Gasteiger partial charge in [-0.25, -0.2) is 0 Å². The summed E-state index contributed by atoms with van der Waals surface area (Å²) >= 11 is 0. The third-order valence-corrected chi connectivity index (χ3v) is 2.96. The van der Waals surface area contributed by atoms with Gasteiger partial charge in [-0.2, -0.15) is 0 Å². The number of esters is 1. The molecule has 3 atom stereocenters. The predicted molar refractivity (Wildman–Crippen MR) is 108 cm³/mol. The predicted octanol–water partition coefficient (Wildman–Crippen LogP) is 2.95. The first-order valence-corrected chi connectivity index (χ1v) is 9.98. The quantitative estimate of drug-likeness (QED) is 0.365. The molecule has 0 heterocycles. The van der Waals surface area contributed by atoms with Crippen LogP contribution in [0.15, 0.2) is 0 Å². The highest BCUT2D eigenvalue weighted by molar-refractivity contribution is 5.65. The summed E-state index contributed by atoms with van der Waals surface area (Å²) in [6.45, 7) is 15.9. The normalized spacial score (nSPS) is 13.4. The van der Waals surface area contributed by atoms with Gasteiger partial charge >= 0.3 is 5.97 Å². The minimum atomic E-state index is -0.447. The van der Waals surface area contributed by atoms with Crippen LogP contribution in [-0.2, 0) is 23.7 Å². The van der Waals surface area contributed by atoms with Crippen LogP contribution in [0.1, 0.15) is 67.7 Å². The van der Waals surface area contributed by atoms with Crippen LogP contribution in [0.2, 0.25) is 0 Å². The molecule has 0 aromatic carbocycles. The Morgan fingerprint density at radius 3 is 1.85 bits per heavy atom. The van der Waals surface area contributed by atoms with Gasteiger partial charge in [0.15, 0.2) is 0 Å². The van der Waals surface area contributed by atoms with Crippen LogP contribution < -0.4 is 0 Å². The second-order valence-corrected chi connectivity index (χ2v) is 6.15. The molecule has 0 fully saturated rings. The van der Waals surface area contributed by atoms with Crippen LogP contribution in [0, 0.1) is 0 Å². The van der Waals surface area contributed by atoms with E-state index in [1.165, 1.54) is 13.3 Å². The van der Waals surface area contributed by atoms with Crippen molar-refractivity contribution in [2.45, 2.75) is 86.0 Å². The van der Waals surface area contributed by atoms with Crippen LogP contribution in [0.5, 0.6) is 0 Å². The summed E-state index contributed by atoms with van der Waals surface area (Å²) in [4.78, 5) is 10.2. The molecule has 0 amide bonds. The maximum Gasteiger partial charge on any atom is 0.302 e. The van der Waals surface area contributed by atoms with Crippen molar-refractivity contribution >= 4 is 5.97 Å². The Morgan fingerprint density at radius 1 is 0.926 bits per heavy atom. The van der Waals surface area contributed by atoms with Gasteiger partial charge in [-0.15, -0.1) is 0 Å². The zero-order chi connectivity index (χ0) is 21.5. The van der Waals surface area contributed by atoms with Crippen molar-refractivity contribution < 1.29 is 34.0 Å². The lowest BCUT2D eigenvalue weighted by Gasteiger charge is -2.16. The summed E-state index contributed by atoms with van der Waals surface area (Å²) in [5.41, 5.74) is 0. The third-order valence-electron chi connectivity index (χ3n) is 2.96. The van der Waals surface area contributed by atoms with E-state index in [4.69, 9.17) is 29.2 Å². The second kappa shape index (κ2) is 25.3. The van der Waals surface area contributed by atoms with Crippen LogP contribution in [0.3, 0.4) is 0 Å². The van der Waals surface area contributed by atoms with Gasteiger partial charge in [-0.05, 0) is 41.0 Å². The molecule has 27 heavy (non-hydrogen) atoms. The standard InChI is InChI=1S/C9H20O4.C7H14O2.C4H10O/c1-7(11)5-12-9(3)6-13-8(2)4-10;1-3-4-5-6-9-7(2)8;1-3-5-4-2/h7-11H,4-6H2,1-3H3;3-6H2,1-2H3;3-4H2,1-2H3. The number of ether oxygens (including phenoxy) is 4. The summed E-state index contributed by atoms with van der Waals surface area (Å²) < 4.78 is 20.0. The van der Waals surface area contributed by atoms with Crippen molar-refractivity contribution in [1.82, 2.24) is 0 Å². The first-order chi connectivity index (χ1) is 12.7. The minimum Gasteiger partial charge on any atom is -0.466 e. The zero-order valence-electron chi connectivity index (χ0n) is 18.5. The van der Waals surface area contributed by atoms with Crippen LogP contribution >= 0.6 is 0 Å². The summed E-state index contributed by atoms with van der Waals surface area (Å²) in [5, 5.41) is 17.6. The molecule has 166 valence electrons. The van der Waals surface area contributed by atoms with E-state index in [1.54, 1.807) is 13.8 Å². The Morgan fingerprint density at radius 2 is 1.48 bits per heavy atom. The minimum absolute atomic E-state index is 0.0170. The fraction of sp³-hybridized carbons (Fsp3) is 0.950. The fourth-order valence-corrected chi connectivity index (χ4v) is 1.48. The highest BCUT2D eigenvalue weighted by atomic mass is 16.5. The molecule has 0 spiro atoms. The summed E-state index contributed by atoms with van der Waals surface area (Å²) in [5.74, 6) is -0.175. The summed E-state index contributed by atoms with van der Waals surface area (Å²) in [6.07, 6.45) is 2.66. The molecule has 0 aliphatic rings. The zero-order valence-corrected chi connectivity index (χ0v) is 18.5. The molecule has 0 saturated heterocycles. The number of carbonyl (C=O) groups is 1. The molecule has 0 bridgehead atoms. The SMILES string of the molecule is CC(O)COC(C)COC(C)CO.CCCCCOC(C)=O.CCOCC. The number of unbranched alkanes of at least 4 members (excludes halogenated alkanes) is 2. The molecule has 0 rings (SSSR count). The number of aliphatic hydroxyl groups is 2. The van der Waals surface area contributed by atoms with E-state index in [9.17, 15) is 4.79 Å². The van der Waals surface area contributed by atoms with Gasteiger partial charge in [-0.1, -0.05) is 19.8 Å². The smallest absolute Gasteiger partial charge is 0.302 e. The van der Waals surface area contributed by atoms with Crippen molar-refractivity contribution in [2.24, 2.45) is 0 Å². The van der Waals surface area contributed by atoms with E-state index in [0.29, 0.717) is 19.8 Å². The molecular formula is C20H44O7. The molecule has 0 aliphatic heterocycles. The van der Waals surface area contributed by atoms with E-state index in [1.807, 2.05) is 20.8 Å². The third kappa shape index (κ3) is 36.8. The molecule has 2 N–H and O–H groups in total. The first-order valence-electron chi connectivity index (χ1n) is 9.98. The number of hydrogen-bond acceptors (Lipinski definition) is 7. The highest BCUT2D eigenvalue weighted by Crippen LogP contribution is 1.97. The Balaban J connectivity index is -0.000000356. The monoisotopic (exact) mass is 396 g/mol. The lowest BCUT2D eigenvalue weighted by molar-refractivity contribution is -0.141. The molecule has 0 aliphatic carbocycles. The molecule has 0 saturated carbocycles. The average Bonchev–Trinajstić information content (AvgIpc) is 2.63. The number of rotatable bonds is 13. The molecule has 3 unspecified atom stereocenters. The van der Waals surface area contributed by atoms with Crippen molar-refractivity contribution in [3.63, 3.8) is 0 Å². The number of carbonyl (C=O) groups excluding carboxylic acids is 1. The fourth-order valence-electron chi connectivity index (χ4n) is 1.48. The van der Waals surface area contributed by atoms with E-state index >= 15 is 0 Å². The second-order valence-electron chi connectivity index (χ2n) is 6.15. The molecule has 7 heteroatoms. The Kier molecular flexibility index (Phi) is 29.0. The Hall–Kier alpha value is -0.730. The highest BCUT2D eigenvalue weighted by Gasteiger charge is 2.07. The largest absolute Gasteiger partial charge is 0.466 e. The number of aliphatic hydroxyl groups excluding tert-OH is 2. The van der Waals surface area contributed by atoms with Gasteiger partial charge in [-0.3, -0.25) is 4.79 Å². The van der Waals surface area contributed by atoms with Crippen molar-refractivity contribution in [3.05, 3.63) is 0 Å². The molecule has 0 radical (unpaired) electrons. The summed E-state index contributed by atoms with van der Waals surface area (Å²) in [7, 11) is 0. The van der Waals surface area contributed by atoms with Gasteiger partial charge in [0.25, 0.3) is 0 Å². The van der Waals surface area contributed by atoms with Gasteiger partial charge in [0.1, 0.15) is 0 Å². The average molecular weight is 397 g/mol. The van der Waals surface area contributed by atoms with Crippen LogP contribution in [0.25, 0.3) is 0 Å². The number of hydrogen-bond donors (Lipinski definition) is 2. The van der Waals surface area contributed by atoms with E-state index in [0.717, 1.165) is 26.1 Å². The van der Waals surface area contributed by atoms with Crippen LogP contribution in [-0.4, -0.2) is 74.1 Å². The van der Waals surface area contributed by atoms with Crippen molar-refractivity contribution in [2.75, 3.05) is 39.6 Å². The van der Waals surface area contributed by atoms with Gasteiger partial charge < -0.3 is 29.2 Å². The van der Waals surface area contributed by atoms with E-state index in [-0.39, 0.29) is 24.8 Å². The Bertz CT molecular complexity index is 284. The molecule has 0 aromatic heterocycles. The van der Waals surface area contributed by atoms with E-state index in [2.05, 4.69) is 6.92 Å². The van der Waals surface area contributed by atoms with Crippen LogP contribution in [0.4, 0.5) is 0 Å². The lowest BCUT2D eigenvalue weighted by atomic mass is 10.3. The van der Waals surface area contributed by atoms with Gasteiger partial charge in [0.2, 0.25) is 0 Å². The van der Waals surface area contributed by atoms with Crippen molar-refractivity contribution in [1.29, 1.82) is 0 Å². The Labute approximate surface area is 166 Å². The van der Waals surface area contributed by atoms with Crippen molar-refractivity contribution in [3.8, 4) is 0 Å². The topological polar surface area (TPSA) is 94.5 Å². The maximum atomic E-state index is 10.2. The molecular weight excluding hydrogens is 352 g/mol. The lowest BCUT2D eigenvalue weighted by Crippen LogP contribution is -2.24. The van der Waals surface area contributed by atoms with Gasteiger partial charge in [0, 0.05) is 20.1 Å². The van der Waals surface area contributed by atoms with E-state index < -0.39 is 6.10 Å². The molecule has 7 nitrogen and oxygen atoms in total. The summed E-state index contributed by atoms with van der Waals surface area (Å²) in [6, 6.07) is 0. The maximum absolute atomic E-state index is 10.2. The first kappa shape index (κ1) is 31.0. The molecule has 0 aromatic rings.